The van der Waals surface area contributed by atoms with Crippen LogP contribution in [0.3, 0.4) is 0 Å². The fraction of sp³-hybridized carbons (Fsp3) is 0.875. The molecule has 126 valence electrons. The SMILES string of the molecule is CCNC(=NCC(=O)N1CCCC1)N(C)CCOCC1CC1. The van der Waals surface area contributed by atoms with Crippen molar-refractivity contribution in [2.45, 2.75) is 32.6 Å². The van der Waals surface area contributed by atoms with Crippen LogP contribution in [-0.2, 0) is 9.53 Å². The van der Waals surface area contributed by atoms with Gasteiger partial charge in [-0.3, -0.25) is 4.79 Å². The fourth-order valence-corrected chi connectivity index (χ4v) is 2.52. The third-order valence-electron chi connectivity index (χ3n) is 4.14. The van der Waals surface area contributed by atoms with Crippen molar-refractivity contribution in [3.8, 4) is 0 Å². The van der Waals surface area contributed by atoms with E-state index in [1.165, 1.54) is 12.8 Å². The number of likely N-dealkylation sites (N-methyl/N-ethyl adjacent to an activating group) is 1. The molecule has 6 heteroatoms. The lowest BCUT2D eigenvalue weighted by molar-refractivity contribution is -0.128. The number of nitrogens with one attached hydrogen (secondary N) is 1. The molecule has 1 aliphatic carbocycles. The van der Waals surface area contributed by atoms with Crippen LogP contribution in [0.5, 0.6) is 0 Å². The first-order valence-electron chi connectivity index (χ1n) is 8.55. The molecular weight excluding hydrogens is 280 g/mol. The van der Waals surface area contributed by atoms with E-state index >= 15 is 0 Å². The molecule has 1 heterocycles. The van der Waals surface area contributed by atoms with Crippen LogP contribution in [0.2, 0.25) is 0 Å². The van der Waals surface area contributed by atoms with Gasteiger partial charge >= 0.3 is 0 Å². The second kappa shape index (κ2) is 8.98. The third-order valence-corrected chi connectivity index (χ3v) is 4.14. The predicted molar refractivity (Wildman–Crippen MR) is 88.0 cm³/mol. The first-order chi connectivity index (χ1) is 10.7. The molecule has 0 radical (unpaired) electrons. The minimum absolute atomic E-state index is 0.131. The van der Waals surface area contributed by atoms with Crippen LogP contribution in [-0.4, -0.2) is 74.7 Å². The van der Waals surface area contributed by atoms with Gasteiger partial charge < -0.3 is 19.9 Å². The van der Waals surface area contributed by atoms with Crippen molar-refractivity contribution in [3.05, 3.63) is 0 Å². The Morgan fingerprint density at radius 2 is 2.09 bits per heavy atom. The van der Waals surface area contributed by atoms with Crippen LogP contribution in [0, 0.1) is 5.92 Å². The van der Waals surface area contributed by atoms with Gasteiger partial charge in [0.25, 0.3) is 0 Å². The minimum Gasteiger partial charge on any atom is -0.379 e. The lowest BCUT2D eigenvalue weighted by Crippen LogP contribution is -2.41. The zero-order valence-corrected chi connectivity index (χ0v) is 14.0. The highest BCUT2D eigenvalue weighted by Gasteiger charge is 2.21. The van der Waals surface area contributed by atoms with Gasteiger partial charge in [-0.15, -0.1) is 0 Å². The fourth-order valence-electron chi connectivity index (χ4n) is 2.52. The number of amides is 1. The monoisotopic (exact) mass is 310 g/mol. The van der Waals surface area contributed by atoms with Crippen LogP contribution in [0.4, 0.5) is 0 Å². The molecule has 1 N–H and O–H groups in total. The highest BCUT2D eigenvalue weighted by molar-refractivity contribution is 5.85. The first kappa shape index (κ1) is 17.1. The molecule has 1 saturated carbocycles. The summed E-state index contributed by atoms with van der Waals surface area (Å²) in [6.45, 7) is 7.21. The summed E-state index contributed by atoms with van der Waals surface area (Å²) in [7, 11) is 1.99. The molecule has 1 aliphatic heterocycles. The number of carbonyl (C=O) groups excluding carboxylic acids is 1. The van der Waals surface area contributed by atoms with Gasteiger partial charge in [0.2, 0.25) is 5.91 Å². The summed E-state index contributed by atoms with van der Waals surface area (Å²) in [5, 5.41) is 3.24. The molecule has 0 spiro atoms. The second-order valence-electron chi connectivity index (χ2n) is 6.20. The Balaban J connectivity index is 1.72. The lowest BCUT2D eigenvalue weighted by Gasteiger charge is -2.22. The Morgan fingerprint density at radius 3 is 2.73 bits per heavy atom. The number of hydrogen-bond donors (Lipinski definition) is 1. The van der Waals surface area contributed by atoms with Gasteiger partial charge in [-0.2, -0.15) is 0 Å². The zero-order valence-electron chi connectivity index (χ0n) is 14.0. The number of carbonyl (C=O) groups is 1. The predicted octanol–water partition coefficient (Wildman–Crippen LogP) is 0.933. The van der Waals surface area contributed by atoms with Crippen LogP contribution in [0.25, 0.3) is 0 Å². The Hall–Kier alpha value is -1.30. The van der Waals surface area contributed by atoms with E-state index in [0.29, 0.717) is 6.61 Å². The normalized spacial score (nSPS) is 18.6. The largest absolute Gasteiger partial charge is 0.379 e. The van der Waals surface area contributed by atoms with Crippen LogP contribution in [0.1, 0.15) is 32.6 Å². The van der Waals surface area contributed by atoms with Gasteiger partial charge in [0, 0.05) is 39.8 Å². The molecule has 2 rings (SSSR count). The lowest BCUT2D eigenvalue weighted by atomic mass is 10.4. The molecule has 1 amide bonds. The Morgan fingerprint density at radius 1 is 1.36 bits per heavy atom. The number of likely N-dealkylation sites (tertiary alicyclic amines) is 1. The number of nitrogens with zero attached hydrogens (tertiary/aromatic N) is 3. The summed E-state index contributed by atoms with van der Waals surface area (Å²) in [6.07, 6.45) is 4.87. The molecule has 0 bridgehead atoms. The van der Waals surface area contributed by atoms with Gasteiger partial charge in [0.1, 0.15) is 6.54 Å². The van der Waals surface area contributed by atoms with Crippen LogP contribution in [0.15, 0.2) is 4.99 Å². The summed E-state index contributed by atoms with van der Waals surface area (Å²) in [6, 6.07) is 0. The van der Waals surface area contributed by atoms with Crippen LogP contribution >= 0.6 is 0 Å². The van der Waals surface area contributed by atoms with E-state index in [9.17, 15) is 4.79 Å². The minimum atomic E-state index is 0.131. The van der Waals surface area contributed by atoms with Crippen molar-refractivity contribution in [2.75, 3.05) is 53.0 Å². The Bertz CT molecular complexity index is 376. The van der Waals surface area contributed by atoms with E-state index in [0.717, 1.165) is 57.5 Å². The summed E-state index contributed by atoms with van der Waals surface area (Å²) in [5.41, 5.74) is 0. The van der Waals surface area contributed by atoms with Crippen molar-refractivity contribution >= 4 is 11.9 Å². The average molecular weight is 310 g/mol. The van der Waals surface area contributed by atoms with E-state index < -0.39 is 0 Å². The molecule has 2 aliphatic rings. The summed E-state index contributed by atoms with van der Waals surface area (Å²) in [4.78, 5) is 20.5. The second-order valence-corrected chi connectivity index (χ2v) is 6.20. The van der Waals surface area contributed by atoms with Gasteiger partial charge in [0.05, 0.1) is 6.61 Å². The molecule has 22 heavy (non-hydrogen) atoms. The molecule has 0 unspecified atom stereocenters. The van der Waals surface area contributed by atoms with E-state index in [4.69, 9.17) is 4.74 Å². The molecule has 0 atom stereocenters. The smallest absolute Gasteiger partial charge is 0.244 e. The number of aliphatic imine (C=N–C) groups is 1. The third kappa shape index (κ3) is 5.83. The van der Waals surface area contributed by atoms with Crippen molar-refractivity contribution in [1.29, 1.82) is 0 Å². The quantitative estimate of drug-likeness (QED) is 0.412. The van der Waals surface area contributed by atoms with Crippen molar-refractivity contribution in [3.63, 3.8) is 0 Å². The van der Waals surface area contributed by atoms with Crippen LogP contribution < -0.4 is 5.32 Å². The molecule has 0 aromatic rings. The highest BCUT2D eigenvalue weighted by atomic mass is 16.5. The average Bonchev–Trinajstić information content (AvgIpc) is 3.17. The van der Waals surface area contributed by atoms with E-state index in [2.05, 4.69) is 10.3 Å². The van der Waals surface area contributed by atoms with Crippen molar-refractivity contribution < 1.29 is 9.53 Å². The summed E-state index contributed by atoms with van der Waals surface area (Å²) >= 11 is 0. The first-order valence-corrected chi connectivity index (χ1v) is 8.55. The summed E-state index contributed by atoms with van der Waals surface area (Å²) < 4.78 is 5.66. The Labute approximate surface area is 133 Å². The summed E-state index contributed by atoms with van der Waals surface area (Å²) in [5.74, 6) is 1.71. The molecule has 0 aromatic carbocycles. The number of rotatable bonds is 8. The number of guanidine groups is 1. The van der Waals surface area contributed by atoms with Gasteiger partial charge in [-0.25, -0.2) is 4.99 Å². The van der Waals surface area contributed by atoms with Gasteiger partial charge in [-0.05, 0) is 38.5 Å². The Kier molecular flexibility index (Phi) is 6.96. The highest BCUT2D eigenvalue weighted by Crippen LogP contribution is 2.28. The topological polar surface area (TPSA) is 57.2 Å². The van der Waals surface area contributed by atoms with Crippen molar-refractivity contribution in [1.82, 2.24) is 15.1 Å². The molecule has 0 aromatic heterocycles. The molecule has 1 saturated heterocycles. The molecular formula is C16H30N4O2. The van der Waals surface area contributed by atoms with E-state index in [1.807, 2.05) is 23.8 Å². The van der Waals surface area contributed by atoms with E-state index in [1.54, 1.807) is 0 Å². The number of ether oxygens (including phenoxy) is 1. The molecule has 6 nitrogen and oxygen atoms in total. The maximum atomic E-state index is 12.1. The number of hydrogen-bond acceptors (Lipinski definition) is 3. The maximum Gasteiger partial charge on any atom is 0.244 e. The van der Waals surface area contributed by atoms with Gasteiger partial charge in [-0.1, -0.05) is 0 Å². The van der Waals surface area contributed by atoms with Crippen molar-refractivity contribution in [2.24, 2.45) is 10.9 Å². The van der Waals surface area contributed by atoms with E-state index in [-0.39, 0.29) is 12.5 Å². The molecule has 2 fully saturated rings. The van der Waals surface area contributed by atoms with Gasteiger partial charge in [0.15, 0.2) is 5.96 Å². The standard InChI is InChI=1S/C16H30N4O2/c1-3-17-16(18-12-15(21)20-8-4-5-9-20)19(2)10-11-22-13-14-6-7-14/h14H,3-13H2,1-2H3,(H,17,18). The zero-order chi connectivity index (χ0) is 15.8. The maximum absolute atomic E-state index is 12.1.